The minimum Gasteiger partial charge on any atom is -0.341 e. The summed E-state index contributed by atoms with van der Waals surface area (Å²) < 4.78 is 13.8. The Morgan fingerprint density at radius 3 is 2.88 bits per heavy atom. The molecule has 1 aromatic carbocycles. The molecule has 0 unspecified atom stereocenters. The molecule has 6 heteroatoms. The maximum atomic E-state index is 13.8. The molecule has 0 radical (unpaired) electrons. The lowest BCUT2D eigenvalue weighted by Crippen LogP contribution is -2.35. The van der Waals surface area contributed by atoms with Gasteiger partial charge < -0.3 is 4.90 Å². The molecule has 1 fully saturated rings. The number of aryl methyl sites for hydroxylation is 1. The molecule has 1 aliphatic heterocycles. The molecule has 1 N–H and O–H groups in total. The summed E-state index contributed by atoms with van der Waals surface area (Å²) in [4.78, 5) is 16.6. The van der Waals surface area contributed by atoms with Crippen molar-refractivity contribution in [2.45, 2.75) is 32.2 Å². The highest BCUT2D eigenvalue weighted by Crippen LogP contribution is 2.13. The highest BCUT2D eigenvalue weighted by molar-refractivity contribution is 5.76. The molecule has 5 nitrogen and oxygen atoms in total. The molecule has 3 rings (SSSR count). The van der Waals surface area contributed by atoms with E-state index in [1.165, 1.54) is 6.07 Å². The lowest BCUT2D eigenvalue weighted by molar-refractivity contribution is -0.131. The Kier molecular flexibility index (Phi) is 6.17. The zero-order valence-electron chi connectivity index (χ0n) is 14.5. The van der Waals surface area contributed by atoms with Gasteiger partial charge in [-0.05, 0) is 30.9 Å². The fourth-order valence-electron chi connectivity index (χ4n) is 3.26. The molecule has 1 amide bonds. The molecule has 0 saturated carbocycles. The number of halogens is 1. The van der Waals surface area contributed by atoms with Gasteiger partial charge >= 0.3 is 0 Å². The molecule has 25 heavy (non-hydrogen) atoms. The molecule has 1 aromatic heterocycles. The van der Waals surface area contributed by atoms with Crippen molar-refractivity contribution >= 4 is 5.91 Å². The normalized spacial score (nSPS) is 16.0. The first-order chi connectivity index (χ1) is 12.2. The van der Waals surface area contributed by atoms with Crippen LogP contribution in [0.25, 0.3) is 0 Å². The molecule has 0 bridgehead atoms. The van der Waals surface area contributed by atoms with E-state index in [4.69, 9.17) is 0 Å². The van der Waals surface area contributed by atoms with E-state index < -0.39 is 0 Å². The van der Waals surface area contributed by atoms with Crippen molar-refractivity contribution < 1.29 is 9.18 Å². The van der Waals surface area contributed by atoms with Crippen molar-refractivity contribution in [3.8, 4) is 0 Å². The molecule has 1 aliphatic rings. The van der Waals surface area contributed by atoms with Gasteiger partial charge in [0.05, 0.1) is 6.20 Å². The summed E-state index contributed by atoms with van der Waals surface area (Å²) in [6, 6.07) is 6.92. The predicted octanol–water partition coefficient (Wildman–Crippen LogP) is 2.61. The molecular formula is C19H25FN4O. The van der Waals surface area contributed by atoms with E-state index in [9.17, 15) is 9.18 Å². The molecule has 0 atom stereocenters. The Morgan fingerprint density at radius 1 is 1.20 bits per heavy atom. The van der Waals surface area contributed by atoms with E-state index in [-0.39, 0.29) is 11.7 Å². The number of carbonyl (C=O) groups excluding carboxylic acids is 1. The Hall–Kier alpha value is -2.21. The summed E-state index contributed by atoms with van der Waals surface area (Å²) in [5.74, 6) is 0.0650. The van der Waals surface area contributed by atoms with E-state index in [0.29, 0.717) is 13.0 Å². The summed E-state index contributed by atoms with van der Waals surface area (Å²) in [6.45, 7) is 3.81. The molecular weight excluding hydrogens is 319 g/mol. The van der Waals surface area contributed by atoms with Gasteiger partial charge in [0, 0.05) is 50.9 Å². The second kappa shape index (κ2) is 8.76. The van der Waals surface area contributed by atoms with Crippen LogP contribution in [0.2, 0.25) is 0 Å². The van der Waals surface area contributed by atoms with Gasteiger partial charge in [0.1, 0.15) is 5.82 Å². The second-order valence-electron chi connectivity index (χ2n) is 6.56. The maximum absolute atomic E-state index is 13.8. The first-order valence-corrected chi connectivity index (χ1v) is 8.93. The van der Waals surface area contributed by atoms with Crippen LogP contribution in [-0.2, 0) is 17.8 Å². The molecule has 1 saturated heterocycles. The van der Waals surface area contributed by atoms with Crippen LogP contribution in [0.1, 0.15) is 30.4 Å². The molecule has 2 heterocycles. The van der Waals surface area contributed by atoms with Crippen molar-refractivity contribution in [3.05, 3.63) is 53.6 Å². The maximum Gasteiger partial charge on any atom is 0.222 e. The fraction of sp³-hybridized carbons (Fsp3) is 0.474. The quantitative estimate of drug-likeness (QED) is 0.876. The Balaban J connectivity index is 1.44. The number of benzene rings is 1. The van der Waals surface area contributed by atoms with Gasteiger partial charge in [0.2, 0.25) is 5.91 Å². The highest BCUT2D eigenvalue weighted by Gasteiger charge is 2.19. The summed E-state index contributed by atoms with van der Waals surface area (Å²) in [5.41, 5.74) is 1.86. The van der Waals surface area contributed by atoms with Crippen LogP contribution < -0.4 is 0 Å². The molecule has 0 aliphatic carbocycles. The lowest BCUT2D eigenvalue weighted by Gasteiger charge is -2.22. The average Bonchev–Trinajstić information content (AvgIpc) is 3.02. The summed E-state index contributed by atoms with van der Waals surface area (Å²) in [5, 5.41) is 6.71. The van der Waals surface area contributed by atoms with Crippen molar-refractivity contribution in [1.82, 2.24) is 20.0 Å². The minimum atomic E-state index is -0.154. The summed E-state index contributed by atoms with van der Waals surface area (Å²) >= 11 is 0. The highest BCUT2D eigenvalue weighted by atomic mass is 19.1. The van der Waals surface area contributed by atoms with Crippen molar-refractivity contribution in [1.29, 1.82) is 0 Å². The van der Waals surface area contributed by atoms with Crippen LogP contribution in [0.5, 0.6) is 0 Å². The number of aromatic amines is 1. The van der Waals surface area contributed by atoms with Crippen LogP contribution >= 0.6 is 0 Å². The second-order valence-corrected chi connectivity index (χ2v) is 6.56. The van der Waals surface area contributed by atoms with E-state index in [1.807, 2.05) is 23.2 Å². The third-order valence-electron chi connectivity index (χ3n) is 4.70. The first-order valence-electron chi connectivity index (χ1n) is 8.93. The standard InChI is InChI=1S/C19H25FN4O/c20-18-7-2-1-6-17(18)15-23-9-4-10-24(12-11-23)19(25)8-3-5-16-13-21-22-14-16/h1-2,6-7,13-14H,3-5,8-12,15H2,(H,21,22). The zero-order valence-corrected chi connectivity index (χ0v) is 14.5. The fourth-order valence-corrected chi connectivity index (χ4v) is 3.26. The SMILES string of the molecule is O=C(CCCc1cn[nH]c1)N1CCCN(Cc2ccccc2F)CC1. The number of hydrogen-bond acceptors (Lipinski definition) is 3. The largest absolute Gasteiger partial charge is 0.341 e. The van der Waals surface area contributed by atoms with E-state index >= 15 is 0 Å². The topological polar surface area (TPSA) is 52.2 Å². The average molecular weight is 344 g/mol. The smallest absolute Gasteiger partial charge is 0.222 e. The molecule has 0 spiro atoms. The van der Waals surface area contributed by atoms with E-state index in [0.717, 1.165) is 56.6 Å². The third kappa shape index (κ3) is 5.13. The summed E-state index contributed by atoms with van der Waals surface area (Å²) in [6.07, 6.45) is 6.89. The lowest BCUT2D eigenvalue weighted by atomic mass is 10.1. The number of hydrogen-bond donors (Lipinski definition) is 1. The minimum absolute atomic E-state index is 0.154. The van der Waals surface area contributed by atoms with Crippen LogP contribution in [0, 0.1) is 5.82 Å². The van der Waals surface area contributed by atoms with Gasteiger partial charge in [0.15, 0.2) is 0 Å². The van der Waals surface area contributed by atoms with Crippen molar-refractivity contribution in [2.24, 2.45) is 0 Å². The number of amides is 1. The van der Waals surface area contributed by atoms with Gasteiger partial charge in [-0.2, -0.15) is 5.10 Å². The third-order valence-corrected chi connectivity index (χ3v) is 4.70. The Bertz CT molecular complexity index is 674. The van der Waals surface area contributed by atoms with Crippen molar-refractivity contribution in [2.75, 3.05) is 26.2 Å². The number of carbonyl (C=O) groups is 1. The van der Waals surface area contributed by atoms with Crippen LogP contribution in [0.15, 0.2) is 36.7 Å². The van der Waals surface area contributed by atoms with Gasteiger partial charge in [-0.3, -0.25) is 14.8 Å². The molecule has 2 aromatic rings. The van der Waals surface area contributed by atoms with Crippen LogP contribution in [0.4, 0.5) is 4.39 Å². The number of nitrogens with zero attached hydrogens (tertiary/aromatic N) is 3. The number of aromatic nitrogens is 2. The molecule has 134 valence electrons. The van der Waals surface area contributed by atoms with Crippen LogP contribution in [-0.4, -0.2) is 52.1 Å². The van der Waals surface area contributed by atoms with Gasteiger partial charge in [-0.1, -0.05) is 18.2 Å². The number of H-pyrrole nitrogens is 1. The zero-order chi connectivity index (χ0) is 17.5. The number of nitrogens with one attached hydrogen (secondary N) is 1. The monoisotopic (exact) mass is 344 g/mol. The van der Waals surface area contributed by atoms with Gasteiger partial charge in [0.25, 0.3) is 0 Å². The summed E-state index contributed by atoms with van der Waals surface area (Å²) in [7, 11) is 0. The number of rotatable bonds is 6. The van der Waals surface area contributed by atoms with Gasteiger partial charge in [-0.25, -0.2) is 4.39 Å². The van der Waals surface area contributed by atoms with E-state index in [2.05, 4.69) is 15.1 Å². The predicted molar refractivity (Wildman–Crippen MR) is 94.4 cm³/mol. The van der Waals surface area contributed by atoms with Crippen molar-refractivity contribution in [3.63, 3.8) is 0 Å². The Morgan fingerprint density at radius 2 is 2.08 bits per heavy atom. The van der Waals surface area contributed by atoms with E-state index in [1.54, 1.807) is 12.3 Å². The van der Waals surface area contributed by atoms with Crippen LogP contribution in [0.3, 0.4) is 0 Å². The first kappa shape index (κ1) is 17.6. The Labute approximate surface area is 147 Å². The van der Waals surface area contributed by atoms with Gasteiger partial charge in [-0.15, -0.1) is 0 Å².